The van der Waals surface area contributed by atoms with Crippen molar-refractivity contribution in [3.05, 3.63) is 0 Å². The summed E-state index contributed by atoms with van der Waals surface area (Å²) in [4.78, 5) is 27.3. The number of carbonyl (C=O) groups is 2. The molecule has 5 heteroatoms. The van der Waals surface area contributed by atoms with Gasteiger partial charge in [0.2, 0.25) is 5.91 Å². The lowest BCUT2D eigenvalue weighted by molar-refractivity contribution is -0.131. The van der Waals surface area contributed by atoms with Gasteiger partial charge in [-0.05, 0) is 33.6 Å². The van der Waals surface area contributed by atoms with E-state index in [1.54, 1.807) is 11.8 Å². The van der Waals surface area contributed by atoms with E-state index in [9.17, 15) is 9.59 Å². The second-order valence-electron chi connectivity index (χ2n) is 4.38. The fourth-order valence-electron chi connectivity index (χ4n) is 2.06. The SMILES string of the molecule is CCN(CC)C(=O)N[C@H](C)C(=O)N1CCCC1. The zero-order valence-electron chi connectivity index (χ0n) is 11.0. The molecule has 0 aromatic heterocycles. The highest BCUT2D eigenvalue weighted by Gasteiger charge is 2.25. The number of hydrogen-bond donors (Lipinski definition) is 1. The number of nitrogens with one attached hydrogen (secondary N) is 1. The van der Waals surface area contributed by atoms with Crippen LogP contribution in [0, 0.1) is 0 Å². The standard InChI is InChI=1S/C12H23N3O2/c1-4-14(5-2)12(17)13-10(3)11(16)15-8-6-7-9-15/h10H,4-9H2,1-3H3,(H,13,17)/t10-/m1/s1. The number of urea groups is 1. The molecule has 0 aliphatic carbocycles. The maximum atomic E-state index is 12.0. The van der Waals surface area contributed by atoms with Crippen molar-refractivity contribution < 1.29 is 9.59 Å². The van der Waals surface area contributed by atoms with E-state index in [4.69, 9.17) is 0 Å². The number of hydrogen-bond acceptors (Lipinski definition) is 2. The predicted octanol–water partition coefficient (Wildman–Crippen LogP) is 1.05. The van der Waals surface area contributed by atoms with Crippen LogP contribution in [0.3, 0.4) is 0 Å². The van der Waals surface area contributed by atoms with Gasteiger partial charge in [-0.25, -0.2) is 4.79 Å². The fourth-order valence-corrected chi connectivity index (χ4v) is 2.06. The first-order valence-electron chi connectivity index (χ1n) is 6.44. The first-order chi connectivity index (χ1) is 8.10. The van der Waals surface area contributed by atoms with Crippen LogP contribution in [0.15, 0.2) is 0 Å². The number of carbonyl (C=O) groups excluding carboxylic acids is 2. The molecule has 0 bridgehead atoms. The molecule has 1 aliphatic heterocycles. The summed E-state index contributed by atoms with van der Waals surface area (Å²) in [5.41, 5.74) is 0. The minimum absolute atomic E-state index is 0.0306. The molecule has 5 nitrogen and oxygen atoms in total. The Hall–Kier alpha value is -1.26. The Labute approximate surface area is 103 Å². The normalized spacial score (nSPS) is 16.8. The summed E-state index contributed by atoms with van der Waals surface area (Å²) in [6.45, 7) is 8.57. The first kappa shape index (κ1) is 13.8. The van der Waals surface area contributed by atoms with Crippen LogP contribution >= 0.6 is 0 Å². The monoisotopic (exact) mass is 241 g/mol. The Morgan fingerprint density at radius 3 is 2.24 bits per heavy atom. The predicted molar refractivity (Wildman–Crippen MR) is 66.7 cm³/mol. The quantitative estimate of drug-likeness (QED) is 0.800. The van der Waals surface area contributed by atoms with Gasteiger partial charge in [-0.1, -0.05) is 0 Å². The smallest absolute Gasteiger partial charge is 0.318 e. The molecule has 1 N–H and O–H groups in total. The van der Waals surface area contributed by atoms with Gasteiger partial charge in [-0.3, -0.25) is 4.79 Å². The Bertz CT molecular complexity index is 271. The molecule has 0 unspecified atom stereocenters. The summed E-state index contributed by atoms with van der Waals surface area (Å²) in [7, 11) is 0. The minimum atomic E-state index is -0.429. The average Bonchev–Trinajstić information content (AvgIpc) is 2.83. The summed E-state index contributed by atoms with van der Waals surface area (Å²) in [6.07, 6.45) is 2.14. The fraction of sp³-hybridized carbons (Fsp3) is 0.833. The van der Waals surface area contributed by atoms with Gasteiger partial charge >= 0.3 is 6.03 Å². The van der Waals surface area contributed by atoms with Crippen molar-refractivity contribution >= 4 is 11.9 Å². The van der Waals surface area contributed by atoms with Crippen LogP contribution in [-0.2, 0) is 4.79 Å². The molecule has 1 fully saturated rings. The van der Waals surface area contributed by atoms with E-state index in [1.165, 1.54) is 0 Å². The van der Waals surface area contributed by atoms with Crippen LogP contribution in [0.1, 0.15) is 33.6 Å². The molecule has 0 radical (unpaired) electrons. The zero-order chi connectivity index (χ0) is 12.8. The van der Waals surface area contributed by atoms with Gasteiger partial charge in [0.15, 0.2) is 0 Å². The maximum absolute atomic E-state index is 12.0. The van der Waals surface area contributed by atoms with Crippen molar-refractivity contribution in [3.63, 3.8) is 0 Å². The molecule has 0 spiro atoms. The Kier molecular flexibility index (Phi) is 5.25. The van der Waals surface area contributed by atoms with Gasteiger partial charge in [-0.2, -0.15) is 0 Å². The highest BCUT2D eigenvalue weighted by molar-refractivity contribution is 5.86. The number of nitrogens with zero attached hydrogens (tertiary/aromatic N) is 2. The average molecular weight is 241 g/mol. The van der Waals surface area contributed by atoms with E-state index in [1.807, 2.05) is 18.7 Å². The second-order valence-corrected chi connectivity index (χ2v) is 4.38. The molecular weight excluding hydrogens is 218 g/mol. The number of amides is 3. The topological polar surface area (TPSA) is 52.7 Å². The lowest BCUT2D eigenvalue weighted by atomic mass is 10.3. The Morgan fingerprint density at radius 2 is 1.76 bits per heavy atom. The molecule has 0 aromatic carbocycles. The van der Waals surface area contributed by atoms with Crippen LogP contribution in [0.4, 0.5) is 4.79 Å². The molecule has 17 heavy (non-hydrogen) atoms. The molecule has 1 rings (SSSR count). The van der Waals surface area contributed by atoms with Gasteiger partial charge in [0.1, 0.15) is 6.04 Å². The first-order valence-corrected chi connectivity index (χ1v) is 6.44. The molecule has 1 aliphatic rings. The Morgan fingerprint density at radius 1 is 1.24 bits per heavy atom. The molecule has 0 saturated carbocycles. The van der Waals surface area contributed by atoms with Crippen LogP contribution < -0.4 is 5.32 Å². The van der Waals surface area contributed by atoms with Gasteiger partial charge in [0, 0.05) is 26.2 Å². The van der Waals surface area contributed by atoms with Gasteiger partial charge in [0.25, 0.3) is 0 Å². The largest absolute Gasteiger partial charge is 0.341 e. The lowest BCUT2D eigenvalue weighted by Crippen LogP contribution is -2.50. The molecule has 1 heterocycles. The Balaban J connectivity index is 2.44. The van der Waals surface area contributed by atoms with Crippen molar-refractivity contribution in [1.82, 2.24) is 15.1 Å². The second kappa shape index (κ2) is 6.47. The van der Waals surface area contributed by atoms with Crippen molar-refractivity contribution in [2.75, 3.05) is 26.2 Å². The zero-order valence-corrected chi connectivity index (χ0v) is 11.0. The van der Waals surface area contributed by atoms with E-state index in [0.717, 1.165) is 25.9 Å². The van der Waals surface area contributed by atoms with E-state index >= 15 is 0 Å². The van der Waals surface area contributed by atoms with Crippen molar-refractivity contribution in [1.29, 1.82) is 0 Å². The van der Waals surface area contributed by atoms with Crippen LogP contribution in [0.2, 0.25) is 0 Å². The molecule has 0 aromatic rings. The minimum Gasteiger partial charge on any atom is -0.341 e. The third-order valence-corrected chi connectivity index (χ3v) is 3.18. The van der Waals surface area contributed by atoms with E-state index < -0.39 is 6.04 Å². The number of rotatable bonds is 4. The van der Waals surface area contributed by atoms with Crippen molar-refractivity contribution in [2.45, 2.75) is 39.7 Å². The van der Waals surface area contributed by atoms with Gasteiger partial charge < -0.3 is 15.1 Å². The third-order valence-electron chi connectivity index (χ3n) is 3.18. The molecule has 1 saturated heterocycles. The third kappa shape index (κ3) is 3.61. The highest BCUT2D eigenvalue weighted by Crippen LogP contribution is 2.09. The summed E-state index contributed by atoms with van der Waals surface area (Å²) in [5.74, 6) is 0.0306. The van der Waals surface area contributed by atoms with Crippen LogP contribution in [0.5, 0.6) is 0 Å². The van der Waals surface area contributed by atoms with Gasteiger partial charge in [0.05, 0.1) is 0 Å². The van der Waals surface area contributed by atoms with Crippen molar-refractivity contribution in [3.8, 4) is 0 Å². The van der Waals surface area contributed by atoms with Crippen LogP contribution in [-0.4, -0.2) is 54.0 Å². The number of likely N-dealkylation sites (tertiary alicyclic amines) is 1. The van der Waals surface area contributed by atoms with Crippen molar-refractivity contribution in [2.24, 2.45) is 0 Å². The van der Waals surface area contributed by atoms with Crippen LogP contribution in [0.25, 0.3) is 0 Å². The maximum Gasteiger partial charge on any atom is 0.318 e. The summed E-state index contributed by atoms with van der Waals surface area (Å²) < 4.78 is 0. The molecule has 3 amide bonds. The summed E-state index contributed by atoms with van der Waals surface area (Å²) >= 11 is 0. The summed E-state index contributed by atoms with van der Waals surface area (Å²) in [5, 5.41) is 2.75. The summed E-state index contributed by atoms with van der Waals surface area (Å²) in [6, 6.07) is -0.587. The van der Waals surface area contributed by atoms with Gasteiger partial charge in [-0.15, -0.1) is 0 Å². The molecule has 98 valence electrons. The lowest BCUT2D eigenvalue weighted by Gasteiger charge is -2.25. The van der Waals surface area contributed by atoms with E-state index in [-0.39, 0.29) is 11.9 Å². The van der Waals surface area contributed by atoms with E-state index in [0.29, 0.717) is 13.1 Å². The molecule has 1 atom stereocenters. The highest BCUT2D eigenvalue weighted by atomic mass is 16.2. The van der Waals surface area contributed by atoms with E-state index in [2.05, 4.69) is 5.32 Å². The molecular formula is C12H23N3O2.